The van der Waals surface area contributed by atoms with E-state index in [4.69, 9.17) is 0 Å². The van der Waals surface area contributed by atoms with Crippen molar-refractivity contribution in [3.63, 3.8) is 0 Å². The average molecular weight is 255 g/mol. The maximum absolute atomic E-state index is 4.10. The molecule has 2 aromatic rings. The minimum absolute atomic E-state index is 0.668. The number of hydrogen-bond donors (Lipinski definition) is 0. The second-order valence-corrected chi connectivity index (χ2v) is 11.3. The largest absolute Gasteiger partial charge is 0.265 e. The van der Waals surface area contributed by atoms with Gasteiger partial charge in [0.25, 0.3) is 0 Å². The van der Waals surface area contributed by atoms with Gasteiger partial charge in [0.1, 0.15) is 0 Å². The zero-order valence-electron chi connectivity index (χ0n) is 11.4. The van der Waals surface area contributed by atoms with Crippen LogP contribution in [0.2, 0.25) is 19.6 Å². The Kier molecular flexibility index (Phi) is 3.97. The average Bonchev–Trinajstić information content (AvgIpc) is 2.37. The van der Waals surface area contributed by atoms with E-state index in [1.165, 1.54) is 11.1 Å². The summed E-state index contributed by atoms with van der Waals surface area (Å²) in [5.41, 5.74) is 3.54. The van der Waals surface area contributed by atoms with Crippen molar-refractivity contribution in [1.29, 1.82) is 0 Å². The van der Waals surface area contributed by atoms with E-state index in [-0.39, 0.29) is 0 Å². The van der Waals surface area contributed by atoms with Gasteiger partial charge in [0.15, 0.2) is 0 Å². The van der Waals surface area contributed by atoms with Crippen LogP contribution in [-0.4, -0.2) is 13.1 Å². The lowest BCUT2D eigenvalue weighted by atomic mass is 10.0. The molecule has 0 spiro atoms. The van der Waals surface area contributed by atoms with Crippen molar-refractivity contribution in [3.05, 3.63) is 66.0 Å². The summed E-state index contributed by atoms with van der Waals surface area (Å²) < 4.78 is 0. The molecule has 1 atom stereocenters. The van der Waals surface area contributed by atoms with E-state index < -0.39 is 8.07 Å². The highest BCUT2D eigenvalue weighted by Crippen LogP contribution is 2.30. The summed E-state index contributed by atoms with van der Waals surface area (Å²) in [5, 5.41) is 0. The van der Waals surface area contributed by atoms with Gasteiger partial charge in [-0.15, -0.1) is 0 Å². The van der Waals surface area contributed by atoms with Crippen LogP contribution in [-0.2, 0) is 6.42 Å². The lowest BCUT2D eigenvalue weighted by Gasteiger charge is -2.29. The van der Waals surface area contributed by atoms with Crippen LogP contribution in [0.15, 0.2) is 54.9 Å². The van der Waals surface area contributed by atoms with Crippen molar-refractivity contribution in [3.8, 4) is 0 Å². The number of pyridine rings is 1. The van der Waals surface area contributed by atoms with E-state index in [0.29, 0.717) is 5.54 Å². The van der Waals surface area contributed by atoms with E-state index in [9.17, 15) is 0 Å². The molecule has 1 unspecified atom stereocenters. The highest BCUT2D eigenvalue weighted by Gasteiger charge is 2.27. The van der Waals surface area contributed by atoms with Gasteiger partial charge in [-0.05, 0) is 35.2 Å². The standard InChI is InChI=1S/C16H21NSi/c1-18(2,3)16(15-7-5-4-6-8-15)13-14-9-11-17-12-10-14/h4-12,16H,13H2,1-3H3. The Bertz CT molecular complexity index is 473. The van der Waals surface area contributed by atoms with Crippen molar-refractivity contribution in [2.75, 3.05) is 0 Å². The third-order valence-corrected chi connectivity index (χ3v) is 6.06. The summed E-state index contributed by atoms with van der Waals surface area (Å²) in [6.45, 7) is 7.35. The van der Waals surface area contributed by atoms with Crippen molar-refractivity contribution >= 4 is 8.07 Å². The number of nitrogens with zero attached hydrogens (tertiary/aromatic N) is 1. The molecule has 2 heteroatoms. The predicted molar refractivity (Wildman–Crippen MR) is 80.5 cm³/mol. The Morgan fingerprint density at radius 1 is 0.944 bits per heavy atom. The molecule has 0 aliphatic carbocycles. The molecule has 1 nitrogen and oxygen atoms in total. The molecule has 0 aliphatic heterocycles. The maximum Gasteiger partial charge on any atom is 0.0525 e. The third-order valence-electron chi connectivity index (χ3n) is 3.44. The van der Waals surface area contributed by atoms with E-state index in [2.05, 4.69) is 67.1 Å². The molecule has 0 radical (unpaired) electrons. The molecule has 1 aromatic carbocycles. The zero-order valence-corrected chi connectivity index (χ0v) is 12.4. The van der Waals surface area contributed by atoms with Gasteiger partial charge in [-0.1, -0.05) is 50.0 Å². The van der Waals surface area contributed by atoms with Crippen molar-refractivity contribution < 1.29 is 0 Å². The van der Waals surface area contributed by atoms with Gasteiger partial charge in [-0.3, -0.25) is 4.98 Å². The lowest BCUT2D eigenvalue weighted by molar-refractivity contribution is 0.874. The van der Waals surface area contributed by atoms with Gasteiger partial charge < -0.3 is 0 Å². The molecule has 0 aliphatic rings. The second kappa shape index (κ2) is 5.49. The van der Waals surface area contributed by atoms with Crippen molar-refractivity contribution in [2.45, 2.75) is 31.6 Å². The summed E-state index contributed by atoms with van der Waals surface area (Å²) in [6, 6.07) is 15.2. The molecule has 0 saturated carbocycles. The Hall–Kier alpha value is -1.41. The van der Waals surface area contributed by atoms with Crippen LogP contribution in [0.4, 0.5) is 0 Å². The highest BCUT2D eigenvalue weighted by molar-refractivity contribution is 6.77. The van der Waals surface area contributed by atoms with E-state index >= 15 is 0 Å². The summed E-state index contributed by atoms with van der Waals surface area (Å²) in [7, 11) is -1.23. The predicted octanol–water partition coefficient (Wildman–Crippen LogP) is 4.29. The van der Waals surface area contributed by atoms with Crippen LogP contribution in [0, 0.1) is 0 Å². The van der Waals surface area contributed by atoms with Crippen LogP contribution in [0.1, 0.15) is 16.7 Å². The number of benzene rings is 1. The quantitative estimate of drug-likeness (QED) is 0.743. The fourth-order valence-corrected chi connectivity index (χ4v) is 4.40. The van der Waals surface area contributed by atoms with Crippen molar-refractivity contribution in [2.24, 2.45) is 0 Å². The first-order chi connectivity index (χ1) is 8.57. The lowest BCUT2D eigenvalue weighted by Crippen LogP contribution is -2.32. The van der Waals surface area contributed by atoms with Gasteiger partial charge in [0, 0.05) is 12.4 Å². The molecular formula is C16H21NSi. The van der Waals surface area contributed by atoms with E-state index in [1.807, 2.05) is 12.4 Å². The van der Waals surface area contributed by atoms with Gasteiger partial charge in [0.2, 0.25) is 0 Å². The Labute approximate surface area is 111 Å². The minimum Gasteiger partial charge on any atom is -0.265 e. The van der Waals surface area contributed by atoms with Crippen LogP contribution in [0.5, 0.6) is 0 Å². The van der Waals surface area contributed by atoms with Gasteiger partial charge in [-0.25, -0.2) is 0 Å². The zero-order chi connectivity index (χ0) is 13.0. The molecule has 94 valence electrons. The van der Waals surface area contributed by atoms with Crippen LogP contribution >= 0.6 is 0 Å². The third kappa shape index (κ3) is 3.30. The number of rotatable bonds is 4. The molecule has 18 heavy (non-hydrogen) atoms. The first-order valence-corrected chi connectivity index (χ1v) is 10.1. The molecule has 0 fully saturated rings. The molecule has 0 N–H and O–H groups in total. The van der Waals surface area contributed by atoms with E-state index in [1.54, 1.807) is 0 Å². The van der Waals surface area contributed by atoms with Gasteiger partial charge >= 0.3 is 0 Å². The van der Waals surface area contributed by atoms with Crippen LogP contribution < -0.4 is 0 Å². The first-order valence-electron chi connectivity index (χ1n) is 6.51. The summed E-state index contributed by atoms with van der Waals surface area (Å²) in [4.78, 5) is 4.10. The van der Waals surface area contributed by atoms with Crippen molar-refractivity contribution in [1.82, 2.24) is 4.98 Å². The maximum atomic E-state index is 4.10. The normalized spacial score (nSPS) is 13.3. The summed E-state index contributed by atoms with van der Waals surface area (Å²) in [6.07, 6.45) is 4.91. The van der Waals surface area contributed by atoms with Gasteiger partial charge in [0.05, 0.1) is 8.07 Å². The van der Waals surface area contributed by atoms with Crippen LogP contribution in [0.25, 0.3) is 0 Å². The monoisotopic (exact) mass is 255 g/mol. The molecule has 0 amide bonds. The fourth-order valence-electron chi connectivity index (χ4n) is 2.36. The summed E-state index contributed by atoms with van der Waals surface area (Å²) >= 11 is 0. The minimum atomic E-state index is -1.23. The topological polar surface area (TPSA) is 12.9 Å². The Balaban J connectivity index is 2.28. The fraction of sp³-hybridized carbons (Fsp3) is 0.312. The Morgan fingerprint density at radius 3 is 2.11 bits per heavy atom. The smallest absolute Gasteiger partial charge is 0.0525 e. The number of aromatic nitrogens is 1. The molecule has 2 rings (SSSR count). The van der Waals surface area contributed by atoms with Crippen LogP contribution in [0.3, 0.4) is 0 Å². The molecule has 0 bridgehead atoms. The van der Waals surface area contributed by atoms with E-state index in [0.717, 1.165) is 6.42 Å². The first kappa shape index (κ1) is 13.0. The molecular weight excluding hydrogens is 234 g/mol. The SMILES string of the molecule is C[Si](C)(C)C(Cc1ccncc1)c1ccccc1. The molecule has 0 saturated heterocycles. The molecule has 1 heterocycles. The number of hydrogen-bond acceptors (Lipinski definition) is 1. The Morgan fingerprint density at radius 2 is 1.56 bits per heavy atom. The van der Waals surface area contributed by atoms with Gasteiger partial charge in [-0.2, -0.15) is 0 Å². The highest BCUT2D eigenvalue weighted by atomic mass is 28.3. The molecule has 1 aromatic heterocycles. The summed E-state index contributed by atoms with van der Waals surface area (Å²) in [5.74, 6) is 0. The second-order valence-electron chi connectivity index (χ2n) is 5.89.